The third kappa shape index (κ3) is 3.00. The van der Waals surface area contributed by atoms with Crippen LogP contribution in [0.2, 0.25) is 0 Å². The van der Waals surface area contributed by atoms with Crippen LogP contribution < -0.4 is 11.5 Å². The van der Waals surface area contributed by atoms with E-state index >= 15 is 0 Å². The van der Waals surface area contributed by atoms with Crippen LogP contribution in [0.4, 0.5) is 0 Å². The van der Waals surface area contributed by atoms with Gasteiger partial charge in [0.05, 0.1) is 17.6 Å². The fraction of sp³-hybridized carbons (Fsp3) is 0.188. The van der Waals surface area contributed by atoms with Crippen LogP contribution in [-0.4, -0.2) is 11.8 Å². The van der Waals surface area contributed by atoms with Gasteiger partial charge in [-0.1, -0.05) is 36.4 Å². The molecule has 2 rings (SSSR count). The molecule has 0 saturated heterocycles. The Kier molecular flexibility index (Phi) is 4.19. The van der Waals surface area contributed by atoms with Gasteiger partial charge in [0.2, 0.25) is 11.8 Å². The van der Waals surface area contributed by atoms with Crippen molar-refractivity contribution in [1.29, 1.82) is 5.26 Å². The lowest BCUT2D eigenvalue weighted by molar-refractivity contribution is -0.121. The van der Waals surface area contributed by atoms with E-state index in [0.29, 0.717) is 11.1 Å². The van der Waals surface area contributed by atoms with Gasteiger partial charge in [-0.15, -0.1) is 0 Å². The lowest BCUT2D eigenvalue weighted by atomic mass is 9.90. The molecule has 0 bridgehead atoms. The fourth-order valence-electron chi connectivity index (χ4n) is 2.43. The van der Waals surface area contributed by atoms with Gasteiger partial charge in [-0.2, -0.15) is 5.26 Å². The number of carbonyl (C=O) groups is 2. The minimum atomic E-state index is -0.630. The predicted octanol–water partition coefficient (Wildman–Crippen LogP) is 1.50. The van der Waals surface area contributed by atoms with Crippen LogP contribution in [0.5, 0.6) is 0 Å². The van der Waals surface area contributed by atoms with Gasteiger partial charge in [0.25, 0.3) is 0 Å². The number of nitriles is 1. The van der Waals surface area contributed by atoms with Crippen molar-refractivity contribution in [1.82, 2.24) is 0 Å². The van der Waals surface area contributed by atoms with Crippen molar-refractivity contribution < 1.29 is 9.59 Å². The average Bonchev–Trinajstić information content (AvgIpc) is 2.45. The second kappa shape index (κ2) is 6.06. The van der Waals surface area contributed by atoms with Gasteiger partial charge >= 0.3 is 0 Å². The quantitative estimate of drug-likeness (QED) is 0.866. The maximum absolute atomic E-state index is 11.8. The van der Waals surface area contributed by atoms with Gasteiger partial charge in [-0.05, 0) is 22.8 Å². The smallest absolute Gasteiger partial charge is 0.249 e. The summed E-state index contributed by atoms with van der Waals surface area (Å²) < 4.78 is 0. The lowest BCUT2D eigenvalue weighted by Crippen LogP contribution is -2.26. The Balaban J connectivity index is 2.53. The van der Waals surface area contributed by atoms with Gasteiger partial charge in [0, 0.05) is 6.42 Å². The second-order valence-corrected chi connectivity index (χ2v) is 4.85. The molecule has 21 heavy (non-hydrogen) atoms. The molecule has 0 fully saturated rings. The topological polar surface area (TPSA) is 110 Å². The van der Waals surface area contributed by atoms with Gasteiger partial charge in [-0.3, -0.25) is 9.59 Å². The summed E-state index contributed by atoms with van der Waals surface area (Å²) in [6, 6.07) is 12.9. The largest absolute Gasteiger partial charge is 0.369 e. The summed E-state index contributed by atoms with van der Waals surface area (Å²) in [4.78, 5) is 23.2. The number of hydrogen-bond acceptors (Lipinski definition) is 3. The summed E-state index contributed by atoms with van der Waals surface area (Å²) in [7, 11) is 0. The van der Waals surface area contributed by atoms with E-state index in [2.05, 4.69) is 0 Å². The van der Waals surface area contributed by atoms with E-state index in [9.17, 15) is 9.59 Å². The molecule has 0 radical (unpaired) electrons. The van der Waals surface area contributed by atoms with Crippen molar-refractivity contribution in [2.24, 2.45) is 17.4 Å². The summed E-state index contributed by atoms with van der Waals surface area (Å²) in [5.74, 6) is -1.74. The van der Waals surface area contributed by atoms with E-state index in [1.54, 1.807) is 6.07 Å². The summed E-state index contributed by atoms with van der Waals surface area (Å²) >= 11 is 0. The molecule has 5 heteroatoms. The maximum Gasteiger partial charge on any atom is 0.249 e. The minimum absolute atomic E-state index is 0.0142. The number of hydrogen-bond donors (Lipinski definition) is 2. The zero-order valence-electron chi connectivity index (χ0n) is 11.4. The minimum Gasteiger partial charge on any atom is -0.369 e. The van der Waals surface area contributed by atoms with Gasteiger partial charge in [0.15, 0.2) is 0 Å². The summed E-state index contributed by atoms with van der Waals surface area (Å²) in [6.45, 7) is 0. The van der Waals surface area contributed by atoms with Gasteiger partial charge < -0.3 is 11.5 Å². The molecule has 2 amide bonds. The first-order chi connectivity index (χ1) is 10.0. The highest BCUT2D eigenvalue weighted by atomic mass is 16.1. The molecule has 4 N–H and O–H groups in total. The Labute approximate surface area is 122 Å². The molecule has 0 aliphatic carbocycles. The summed E-state index contributed by atoms with van der Waals surface area (Å²) in [5, 5.41) is 10.4. The molecule has 2 aromatic carbocycles. The first kappa shape index (κ1) is 14.5. The lowest BCUT2D eigenvalue weighted by Gasteiger charge is -2.14. The molecule has 1 unspecified atom stereocenters. The third-order valence-corrected chi connectivity index (χ3v) is 3.47. The predicted molar refractivity (Wildman–Crippen MR) is 79.1 cm³/mol. The highest BCUT2D eigenvalue weighted by Crippen LogP contribution is 2.25. The van der Waals surface area contributed by atoms with Crippen LogP contribution in [0.1, 0.15) is 22.3 Å². The summed E-state index contributed by atoms with van der Waals surface area (Å²) in [5.41, 5.74) is 11.8. The molecular formula is C16H15N3O2. The van der Waals surface area contributed by atoms with Crippen LogP contribution in [0, 0.1) is 17.2 Å². The SMILES string of the molecule is N#CCC(Cc1ccc2ccccc2c1C(N)=O)C(N)=O. The summed E-state index contributed by atoms with van der Waals surface area (Å²) in [6.07, 6.45) is 0.242. The molecule has 106 valence electrons. The monoisotopic (exact) mass is 281 g/mol. The molecular weight excluding hydrogens is 266 g/mol. The van der Waals surface area contributed by atoms with Crippen LogP contribution in [0.15, 0.2) is 36.4 Å². The number of amides is 2. The number of nitrogens with two attached hydrogens (primary N) is 2. The number of nitrogens with zero attached hydrogens (tertiary/aromatic N) is 1. The van der Waals surface area contributed by atoms with Crippen LogP contribution in [0.3, 0.4) is 0 Å². The van der Waals surface area contributed by atoms with E-state index in [4.69, 9.17) is 16.7 Å². The molecule has 1 atom stereocenters. The average molecular weight is 281 g/mol. The van der Waals surface area contributed by atoms with E-state index in [1.807, 2.05) is 36.4 Å². The van der Waals surface area contributed by atoms with Crippen molar-refractivity contribution in [3.05, 3.63) is 47.5 Å². The molecule has 2 aromatic rings. The number of fused-ring (bicyclic) bond motifs is 1. The molecule has 0 aromatic heterocycles. The first-order valence-corrected chi connectivity index (χ1v) is 6.51. The van der Waals surface area contributed by atoms with Gasteiger partial charge in [-0.25, -0.2) is 0 Å². The molecule has 0 aliphatic heterocycles. The Morgan fingerprint density at radius 2 is 1.86 bits per heavy atom. The van der Waals surface area contributed by atoms with E-state index < -0.39 is 17.7 Å². The van der Waals surface area contributed by atoms with Crippen molar-refractivity contribution >= 4 is 22.6 Å². The highest BCUT2D eigenvalue weighted by Gasteiger charge is 2.20. The van der Waals surface area contributed by atoms with Crippen LogP contribution in [0.25, 0.3) is 10.8 Å². The number of primary amides is 2. The van der Waals surface area contributed by atoms with E-state index in [0.717, 1.165) is 10.8 Å². The van der Waals surface area contributed by atoms with Crippen molar-refractivity contribution in [3.8, 4) is 6.07 Å². The molecule has 0 heterocycles. The normalized spacial score (nSPS) is 11.8. The number of benzene rings is 2. The zero-order valence-corrected chi connectivity index (χ0v) is 11.4. The maximum atomic E-state index is 11.8. The molecule has 0 aliphatic rings. The standard InChI is InChI=1S/C16H15N3O2/c17-8-7-12(15(18)20)9-11-6-5-10-3-1-2-4-13(10)14(11)16(19)21/h1-6,12H,7,9H2,(H2,18,20)(H2,19,21). The zero-order chi connectivity index (χ0) is 15.4. The highest BCUT2D eigenvalue weighted by molar-refractivity contribution is 6.07. The second-order valence-electron chi connectivity index (χ2n) is 4.85. The van der Waals surface area contributed by atoms with E-state index in [-0.39, 0.29) is 12.8 Å². The molecule has 0 spiro atoms. The first-order valence-electron chi connectivity index (χ1n) is 6.51. The Morgan fingerprint density at radius 3 is 2.48 bits per heavy atom. The van der Waals surface area contributed by atoms with Crippen LogP contribution >= 0.6 is 0 Å². The molecule has 0 saturated carbocycles. The number of carbonyl (C=O) groups excluding carboxylic acids is 2. The van der Waals surface area contributed by atoms with Crippen molar-refractivity contribution in [2.75, 3.05) is 0 Å². The Morgan fingerprint density at radius 1 is 1.14 bits per heavy atom. The van der Waals surface area contributed by atoms with E-state index in [1.165, 1.54) is 0 Å². The number of rotatable bonds is 5. The van der Waals surface area contributed by atoms with Crippen molar-refractivity contribution in [3.63, 3.8) is 0 Å². The van der Waals surface area contributed by atoms with Gasteiger partial charge in [0.1, 0.15) is 0 Å². The fourth-order valence-corrected chi connectivity index (χ4v) is 2.43. The Hall–Kier alpha value is -2.87. The third-order valence-electron chi connectivity index (χ3n) is 3.47. The van der Waals surface area contributed by atoms with Crippen molar-refractivity contribution in [2.45, 2.75) is 12.8 Å². The van der Waals surface area contributed by atoms with Crippen LogP contribution in [-0.2, 0) is 11.2 Å². The Bertz CT molecular complexity index is 747. The molecule has 5 nitrogen and oxygen atoms in total.